The van der Waals surface area contributed by atoms with Crippen molar-refractivity contribution >= 4 is 61.2 Å². The number of benzene rings is 3. The Balaban J connectivity index is 0.00000461. The van der Waals surface area contributed by atoms with Crippen molar-refractivity contribution in [2.45, 2.75) is 68.6 Å². The molecule has 1 aromatic heterocycles. The van der Waals surface area contributed by atoms with Crippen molar-refractivity contribution in [3.63, 3.8) is 0 Å². The molecule has 1 fully saturated rings. The summed E-state index contributed by atoms with van der Waals surface area (Å²) in [7, 11) is -3.33. The molecule has 4 aromatic rings. The number of thiophene rings is 1. The van der Waals surface area contributed by atoms with Crippen LogP contribution in [0.1, 0.15) is 74.7 Å². The molecule has 242 valence electrons. The number of unbranched alkanes of at least 4 members (excludes halogenated alkanes) is 2. The van der Waals surface area contributed by atoms with Gasteiger partial charge in [-0.3, -0.25) is 9.69 Å². The van der Waals surface area contributed by atoms with Crippen LogP contribution in [0.25, 0.3) is 20.5 Å². The highest BCUT2D eigenvalue weighted by Crippen LogP contribution is 2.42. The predicted octanol–water partition coefficient (Wildman–Crippen LogP) is 9.55. The van der Waals surface area contributed by atoms with E-state index in [1.54, 1.807) is 23.5 Å². The molecule has 0 bridgehead atoms. The van der Waals surface area contributed by atoms with E-state index in [0.717, 1.165) is 70.9 Å². The molecule has 5 rings (SSSR count). The Hall–Kier alpha value is -2.36. The Kier molecular flexibility index (Phi) is 13.4. The van der Waals surface area contributed by atoms with Gasteiger partial charge in [0.2, 0.25) is 0 Å². The summed E-state index contributed by atoms with van der Waals surface area (Å²) in [5.74, 6) is 1.93. The molecule has 45 heavy (non-hydrogen) atoms. The van der Waals surface area contributed by atoms with Gasteiger partial charge in [0.1, 0.15) is 12.4 Å². The fraction of sp³-hybridized carbons (Fsp3) is 0.417. The van der Waals surface area contributed by atoms with E-state index < -0.39 is 9.84 Å². The maximum Gasteiger partial charge on any atom is 0.195 e. The van der Waals surface area contributed by atoms with E-state index in [0.29, 0.717) is 29.1 Å². The first-order valence-electron chi connectivity index (χ1n) is 15.9. The molecule has 1 aliphatic rings. The molecule has 0 atom stereocenters. The minimum Gasteiger partial charge on any atom is -0.492 e. The molecule has 1 aliphatic heterocycles. The molecule has 9 heteroatoms. The number of piperidine rings is 1. The van der Waals surface area contributed by atoms with Gasteiger partial charge in [0, 0.05) is 37.5 Å². The third kappa shape index (κ3) is 9.13. The predicted molar refractivity (Wildman–Crippen MR) is 193 cm³/mol. The van der Waals surface area contributed by atoms with Gasteiger partial charge in [-0.1, -0.05) is 51.3 Å². The molecule has 0 spiro atoms. The number of fused-ring (bicyclic) bond motifs is 1. The number of sulfone groups is 1. The van der Waals surface area contributed by atoms with E-state index in [4.69, 9.17) is 4.74 Å². The molecule has 0 radical (unpaired) electrons. The highest BCUT2D eigenvalue weighted by Gasteiger charge is 2.23. The summed E-state index contributed by atoms with van der Waals surface area (Å²) in [6.45, 7) is 8.02. The minimum atomic E-state index is -3.33. The average Bonchev–Trinajstić information content (AvgIpc) is 3.43. The first kappa shape index (κ1) is 35.5. The number of halogens is 1. The van der Waals surface area contributed by atoms with Gasteiger partial charge in [0.15, 0.2) is 15.6 Å². The minimum absolute atomic E-state index is 0. The lowest BCUT2D eigenvalue weighted by Gasteiger charge is -2.26. The molecule has 0 N–H and O–H groups in total. The maximum atomic E-state index is 14.1. The van der Waals surface area contributed by atoms with Gasteiger partial charge < -0.3 is 4.74 Å². The highest BCUT2D eigenvalue weighted by atomic mass is 35.5. The zero-order valence-corrected chi connectivity index (χ0v) is 29.5. The first-order valence-corrected chi connectivity index (χ1v) is 19.4. The van der Waals surface area contributed by atoms with Gasteiger partial charge in [-0.25, -0.2) is 8.42 Å². The van der Waals surface area contributed by atoms with Crippen molar-refractivity contribution in [2.75, 3.05) is 37.7 Å². The van der Waals surface area contributed by atoms with Crippen LogP contribution < -0.4 is 4.74 Å². The quantitative estimate of drug-likeness (QED) is 0.0706. The zero-order valence-electron chi connectivity index (χ0n) is 26.3. The first-order chi connectivity index (χ1) is 21.4. The second-order valence-electron chi connectivity index (χ2n) is 11.5. The van der Waals surface area contributed by atoms with Crippen molar-refractivity contribution in [1.29, 1.82) is 0 Å². The van der Waals surface area contributed by atoms with Crippen LogP contribution in [0.2, 0.25) is 0 Å². The normalized spacial score (nSPS) is 13.9. The van der Waals surface area contributed by atoms with E-state index in [-0.39, 0.29) is 23.9 Å². The van der Waals surface area contributed by atoms with E-state index in [2.05, 4.69) is 30.0 Å². The number of ether oxygens (including phenoxy) is 1. The summed E-state index contributed by atoms with van der Waals surface area (Å²) in [6.07, 6.45) is 7.62. The molecule has 0 saturated carbocycles. The highest BCUT2D eigenvalue weighted by molar-refractivity contribution is 7.99. The van der Waals surface area contributed by atoms with Crippen LogP contribution >= 0.6 is 35.5 Å². The average molecular weight is 686 g/mol. The third-order valence-corrected chi connectivity index (χ3v) is 12.2. The topological polar surface area (TPSA) is 63.7 Å². The van der Waals surface area contributed by atoms with Crippen LogP contribution in [0.5, 0.6) is 5.75 Å². The van der Waals surface area contributed by atoms with Crippen LogP contribution in [0.4, 0.5) is 0 Å². The smallest absolute Gasteiger partial charge is 0.195 e. The Bertz CT molecular complexity index is 1640. The Morgan fingerprint density at radius 3 is 2.31 bits per heavy atom. The van der Waals surface area contributed by atoms with E-state index in [9.17, 15) is 13.2 Å². The number of hydrogen-bond acceptors (Lipinski definition) is 7. The Morgan fingerprint density at radius 2 is 1.62 bits per heavy atom. The number of ketones is 1. The largest absolute Gasteiger partial charge is 0.492 e. The molecule has 1 saturated heterocycles. The van der Waals surface area contributed by atoms with Gasteiger partial charge in [-0.15, -0.1) is 35.5 Å². The Morgan fingerprint density at radius 1 is 0.911 bits per heavy atom. The SMILES string of the molecule is CCCCSc1ccc2c(C(=O)c3ccc(OCCN4CCCCC4)cc3)c(-c3ccc(S(=O)(=O)CCCC)cc3)sc2c1.Cl. The van der Waals surface area contributed by atoms with E-state index in [1.807, 2.05) is 55.1 Å². The number of thioether (sulfide) groups is 1. The molecule has 0 aliphatic carbocycles. The summed E-state index contributed by atoms with van der Waals surface area (Å²) < 4.78 is 32.7. The number of carbonyl (C=O) groups excluding carboxylic acids is 1. The summed E-state index contributed by atoms with van der Waals surface area (Å²) in [5, 5.41) is 0.927. The van der Waals surface area contributed by atoms with Gasteiger partial charge in [0.25, 0.3) is 0 Å². The lowest BCUT2D eigenvalue weighted by molar-refractivity contribution is 0.104. The van der Waals surface area contributed by atoms with Crippen LogP contribution in [0, 0.1) is 0 Å². The van der Waals surface area contributed by atoms with Crippen molar-refractivity contribution < 1.29 is 17.9 Å². The zero-order chi connectivity index (χ0) is 30.9. The van der Waals surface area contributed by atoms with Crippen LogP contribution in [-0.2, 0) is 9.84 Å². The van der Waals surface area contributed by atoms with Crippen molar-refractivity contribution in [3.8, 4) is 16.2 Å². The van der Waals surface area contributed by atoms with Crippen LogP contribution in [-0.4, -0.2) is 56.8 Å². The molecule has 0 unspecified atom stereocenters. The van der Waals surface area contributed by atoms with E-state index in [1.165, 1.54) is 24.2 Å². The number of hydrogen-bond donors (Lipinski definition) is 0. The van der Waals surface area contributed by atoms with Crippen LogP contribution in [0.3, 0.4) is 0 Å². The van der Waals surface area contributed by atoms with Gasteiger partial charge in [-0.05, 0) is 98.6 Å². The fourth-order valence-electron chi connectivity index (χ4n) is 5.52. The second-order valence-corrected chi connectivity index (χ2v) is 15.8. The van der Waals surface area contributed by atoms with Gasteiger partial charge >= 0.3 is 0 Å². The number of likely N-dealkylation sites (tertiary alicyclic amines) is 1. The van der Waals surface area contributed by atoms with Gasteiger partial charge in [0.05, 0.1) is 10.6 Å². The lowest BCUT2D eigenvalue weighted by Crippen LogP contribution is -2.33. The molecular weight excluding hydrogens is 642 g/mol. The maximum absolute atomic E-state index is 14.1. The van der Waals surface area contributed by atoms with Crippen molar-refractivity contribution in [3.05, 3.63) is 77.9 Å². The fourth-order valence-corrected chi connectivity index (χ4v) is 9.33. The summed E-state index contributed by atoms with van der Waals surface area (Å²) in [5.41, 5.74) is 2.12. The number of rotatable bonds is 15. The van der Waals surface area contributed by atoms with Crippen molar-refractivity contribution in [1.82, 2.24) is 4.90 Å². The summed E-state index contributed by atoms with van der Waals surface area (Å²) in [4.78, 5) is 19.0. The van der Waals surface area contributed by atoms with E-state index >= 15 is 0 Å². The van der Waals surface area contributed by atoms with Crippen molar-refractivity contribution in [2.24, 2.45) is 0 Å². The number of nitrogens with zero attached hydrogens (tertiary/aromatic N) is 1. The molecule has 0 amide bonds. The monoisotopic (exact) mass is 685 g/mol. The number of carbonyl (C=O) groups is 1. The third-order valence-electron chi connectivity index (χ3n) is 8.14. The van der Waals surface area contributed by atoms with Crippen LogP contribution in [0.15, 0.2) is 76.5 Å². The molecule has 2 heterocycles. The lowest BCUT2D eigenvalue weighted by atomic mass is 9.97. The molecule has 5 nitrogen and oxygen atoms in total. The summed E-state index contributed by atoms with van der Waals surface area (Å²) in [6, 6.07) is 20.9. The standard InChI is InChI=1S/C36H43NO4S3.ClH/c1-3-5-24-42-30-16-19-32-33(26-30)43-36(28-12-17-31(18-13-28)44(39,40)25-6-4-2)34(32)35(38)27-10-14-29(15-11-27)41-23-22-37-20-8-7-9-21-37;/h10-19,26H,3-9,20-25H2,1-2H3;1H. The second kappa shape index (κ2) is 17.0. The Labute approximate surface area is 283 Å². The summed E-state index contributed by atoms with van der Waals surface area (Å²) >= 11 is 3.44. The molecule has 3 aromatic carbocycles. The molecular formula is C36H44ClNO4S3. The van der Waals surface area contributed by atoms with Gasteiger partial charge in [-0.2, -0.15) is 0 Å².